The van der Waals surface area contributed by atoms with Crippen molar-refractivity contribution in [1.82, 2.24) is 4.90 Å². The summed E-state index contributed by atoms with van der Waals surface area (Å²) in [5.41, 5.74) is 10.9. The van der Waals surface area contributed by atoms with E-state index in [-0.39, 0.29) is 24.5 Å². The van der Waals surface area contributed by atoms with Crippen LogP contribution in [0.5, 0.6) is 0 Å². The predicted molar refractivity (Wildman–Crippen MR) is 73.1 cm³/mol. The molecule has 0 aromatic carbocycles. The van der Waals surface area contributed by atoms with Crippen LogP contribution in [-0.4, -0.2) is 35.3 Å². The van der Waals surface area contributed by atoms with Crippen molar-refractivity contribution in [2.24, 2.45) is 16.9 Å². The van der Waals surface area contributed by atoms with Crippen molar-refractivity contribution >= 4 is 11.8 Å². The van der Waals surface area contributed by atoms with Crippen LogP contribution in [-0.2, 0) is 9.59 Å². The number of nitrogens with two attached hydrogens (primary N) is 2. The molecule has 2 aliphatic carbocycles. The summed E-state index contributed by atoms with van der Waals surface area (Å²) in [7, 11) is 0. The number of amides is 2. The van der Waals surface area contributed by atoms with Crippen LogP contribution >= 0.6 is 0 Å². The van der Waals surface area contributed by atoms with Crippen molar-refractivity contribution in [3.8, 4) is 0 Å². The average Bonchev–Trinajstić information content (AvgIpc) is 2.97. The molecule has 0 aliphatic heterocycles. The first kappa shape index (κ1) is 14.3. The fourth-order valence-electron chi connectivity index (χ4n) is 3.54. The van der Waals surface area contributed by atoms with Gasteiger partial charge in [-0.1, -0.05) is 19.3 Å². The summed E-state index contributed by atoms with van der Waals surface area (Å²) in [6.07, 6.45) is 6.88. The van der Waals surface area contributed by atoms with Crippen LogP contribution in [0.3, 0.4) is 0 Å². The Bertz CT molecular complexity index is 366. The van der Waals surface area contributed by atoms with Crippen LogP contribution in [0.15, 0.2) is 0 Å². The van der Waals surface area contributed by atoms with E-state index in [0.717, 1.165) is 44.9 Å². The second-order valence-electron chi connectivity index (χ2n) is 6.25. The third kappa shape index (κ3) is 2.76. The van der Waals surface area contributed by atoms with Gasteiger partial charge in [0.15, 0.2) is 0 Å². The number of carbonyl (C=O) groups excluding carboxylic acids is 2. The highest BCUT2D eigenvalue weighted by Crippen LogP contribution is 2.39. The minimum Gasteiger partial charge on any atom is -0.368 e. The molecule has 2 unspecified atom stereocenters. The minimum absolute atomic E-state index is 0.0307. The minimum atomic E-state index is -0.516. The molecule has 2 atom stereocenters. The van der Waals surface area contributed by atoms with E-state index in [1.807, 2.05) is 6.92 Å². The van der Waals surface area contributed by atoms with Gasteiger partial charge in [-0.15, -0.1) is 0 Å². The maximum absolute atomic E-state index is 12.8. The van der Waals surface area contributed by atoms with Gasteiger partial charge in [0.2, 0.25) is 11.8 Å². The van der Waals surface area contributed by atoms with Crippen molar-refractivity contribution in [2.45, 2.75) is 64.0 Å². The molecule has 5 nitrogen and oxygen atoms in total. The van der Waals surface area contributed by atoms with Crippen LogP contribution in [0.1, 0.15) is 51.9 Å². The van der Waals surface area contributed by atoms with Gasteiger partial charge in [-0.2, -0.15) is 0 Å². The Labute approximate surface area is 114 Å². The Kier molecular flexibility index (Phi) is 4.13. The summed E-state index contributed by atoms with van der Waals surface area (Å²) in [6, 6.07) is 0.0707. The zero-order valence-corrected chi connectivity index (χ0v) is 11.7. The molecule has 5 heteroatoms. The van der Waals surface area contributed by atoms with E-state index >= 15 is 0 Å². The Morgan fingerprint density at radius 1 is 1.21 bits per heavy atom. The molecule has 2 rings (SSSR count). The van der Waals surface area contributed by atoms with Crippen LogP contribution in [0.4, 0.5) is 0 Å². The molecule has 2 saturated carbocycles. The zero-order chi connectivity index (χ0) is 14.0. The molecule has 2 fully saturated rings. The van der Waals surface area contributed by atoms with Gasteiger partial charge in [0.05, 0.1) is 12.0 Å². The number of nitrogens with zero attached hydrogens (tertiary/aromatic N) is 1. The molecule has 4 N–H and O–H groups in total. The third-order valence-corrected chi connectivity index (χ3v) is 4.87. The number of rotatable bonds is 4. The summed E-state index contributed by atoms with van der Waals surface area (Å²) >= 11 is 0. The summed E-state index contributed by atoms with van der Waals surface area (Å²) < 4.78 is 0. The summed E-state index contributed by atoms with van der Waals surface area (Å²) in [5, 5.41) is 0. The lowest BCUT2D eigenvalue weighted by atomic mass is 9.83. The molecule has 0 radical (unpaired) electrons. The summed E-state index contributed by atoms with van der Waals surface area (Å²) in [4.78, 5) is 25.8. The van der Waals surface area contributed by atoms with E-state index < -0.39 is 11.3 Å². The molecule has 0 saturated heterocycles. The highest BCUT2D eigenvalue weighted by Gasteiger charge is 2.46. The molecule has 19 heavy (non-hydrogen) atoms. The van der Waals surface area contributed by atoms with Gasteiger partial charge in [0.1, 0.15) is 0 Å². The maximum Gasteiger partial charge on any atom is 0.237 e. The Morgan fingerprint density at radius 2 is 1.84 bits per heavy atom. The largest absolute Gasteiger partial charge is 0.368 e. The van der Waals surface area contributed by atoms with Crippen LogP contribution in [0, 0.1) is 5.41 Å². The lowest BCUT2D eigenvalue weighted by Crippen LogP contribution is -2.54. The second kappa shape index (κ2) is 5.49. The van der Waals surface area contributed by atoms with Crippen LogP contribution < -0.4 is 11.5 Å². The fraction of sp³-hybridized carbons (Fsp3) is 0.857. The van der Waals surface area contributed by atoms with E-state index in [1.165, 1.54) is 0 Å². The van der Waals surface area contributed by atoms with E-state index in [9.17, 15) is 9.59 Å². The lowest BCUT2D eigenvalue weighted by Gasteiger charge is -2.37. The van der Waals surface area contributed by atoms with Gasteiger partial charge in [-0.25, -0.2) is 0 Å². The van der Waals surface area contributed by atoms with Gasteiger partial charge in [-0.05, 0) is 32.6 Å². The van der Waals surface area contributed by atoms with Gasteiger partial charge in [0.25, 0.3) is 0 Å². The zero-order valence-electron chi connectivity index (χ0n) is 11.7. The molecule has 0 aromatic heterocycles. The first-order valence-corrected chi connectivity index (χ1v) is 7.30. The monoisotopic (exact) mass is 267 g/mol. The second-order valence-corrected chi connectivity index (χ2v) is 6.25. The Morgan fingerprint density at radius 3 is 2.32 bits per heavy atom. The van der Waals surface area contributed by atoms with Crippen molar-refractivity contribution in [1.29, 1.82) is 0 Å². The quantitative estimate of drug-likeness (QED) is 0.788. The molecule has 0 spiro atoms. The number of carbonyl (C=O) groups is 2. The van der Waals surface area contributed by atoms with Gasteiger partial charge < -0.3 is 16.4 Å². The normalized spacial score (nSPS) is 31.6. The molecular weight excluding hydrogens is 242 g/mol. The number of hydrogen-bond acceptors (Lipinski definition) is 3. The topological polar surface area (TPSA) is 89.4 Å². The smallest absolute Gasteiger partial charge is 0.237 e. The molecular formula is C14H25N3O2. The molecule has 108 valence electrons. The van der Waals surface area contributed by atoms with E-state index in [1.54, 1.807) is 4.90 Å². The maximum atomic E-state index is 12.8. The lowest BCUT2D eigenvalue weighted by molar-refractivity contribution is -0.146. The number of hydrogen-bond donors (Lipinski definition) is 2. The fourth-order valence-corrected chi connectivity index (χ4v) is 3.54. The summed E-state index contributed by atoms with van der Waals surface area (Å²) in [5.74, 6) is -0.404. The molecule has 2 amide bonds. The van der Waals surface area contributed by atoms with E-state index in [2.05, 4.69) is 0 Å². The molecule has 0 aromatic rings. The Balaban J connectivity index is 2.17. The number of primary amides is 1. The van der Waals surface area contributed by atoms with Gasteiger partial charge in [0, 0.05) is 12.1 Å². The standard InChI is InChI=1S/C14H25N3O2/c1-14(8-4-7-11(14)15)13(19)17(9-12(16)18)10-5-2-3-6-10/h10-11H,2-9,15H2,1H3,(H2,16,18). The summed E-state index contributed by atoms with van der Waals surface area (Å²) in [6.45, 7) is 1.97. The molecule has 2 aliphatic rings. The Hall–Kier alpha value is -1.10. The first-order chi connectivity index (χ1) is 8.95. The van der Waals surface area contributed by atoms with Crippen LogP contribution in [0.25, 0.3) is 0 Å². The van der Waals surface area contributed by atoms with Crippen molar-refractivity contribution in [3.05, 3.63) is 0 Å². The molecule has 0 bridgehead atoms. The van der Waals surface area contributed by atoms with Crippen LogP contribution in [0.2, 0.25) is 0 Å². The van der Waals surface area contributed by atoms with E-state index in [0.29, 0.717) is 0 Å². The SMILES string of the molecule is CC1(C(=O)N(CC(N)=O)C2CCCC2)CCCC1N. The predicted octanol–water partition coefficient (Wildman–Crippen LogP) is 0.760. The highest BCUT2D eigenvalue weighted by atomic mass is 16.2. The first-order valence-electron chi connectivity index (χ1n) is 7.30. The van der Waals surface area contributed by atoms with Gasteiger partial charge >= 0.3 is 0 Å². The van der Waals surface area contributed by atoms with Crippen molar-refractivity contribution in [2.75, 3.05) is 6.54 Å². The average molecular weight is 267 g/mol. The highest BCUT2D eigenvalue weighted by molar-refractivity contribution is 5.88. The van der Waals surface area contributed by atoms with Crippen molar-refractivity contribution in [3.63, 3.8) is 0 Å². The van der Waals surface area contributed by atoms with Gasteiger partial charge in [-0.3, -0.25) is 9.59 Å². The third-order valence-electron chi connectivity index (χ3n) is 4.87. The molecule has 0 heterocycles. The van der Waals surface area contributed by atoms with Crippen molar-refractivity contribution < 1.29 is 9.59 Å². The van der Waals surface area contributed by atoms with E-state index in [4.69, 9.17) is 11.5 Å².